The Hall–Kier alpha value is -1.96. The third-order valence-electron chi connectivity index (χ3n) is 4.73. The Balaban J connectivity index is 2.20. The van der Waals surface area contributed by atoms with Crippen molar-refractivity contribution in [2.75, 3.05) is 10.8 Å². The summed E-state index contributed by atoms with van der Waals surface area (Å²) >= 11 is 24.8. The van der Waals surface area contributed by atoms with Crippen molar-refractivity contribution in [1.82, 2.24) is 0 Å². The maximum Gasteiger partial charge on any atom is 0.266 e. The lowest BCUT2D eigenvalue weighted by Crippen LogP contribution is -2.39. The standard InChI is InChI=1S/C22H18Cl4N2O3S/c1-13-8-21(19(26)11-18(13)25)32(30,31)28(12-22(27)29)20-7-6-16(23)10-15(20)9-14-4-2-3-5-17(14)24/h2-8,10-11H,9,12H2,1H3,(H2,27,29). The Morgan fingerprint density at radius 2 is 1.59 bits per heavy atom. The third-order valence-corrected chi connectivity index (χ3v) is 7.97. The number of amides is 1. The zero-order valence-corrected chi connectivity index (χ0v) is 20.6. The third kappa shape index (κ3) is 5.33. The molecule has 10 heteroatoms. The van der Waals surface area contributed by atoms with Crippen LogP contribution in [0.1, 0.15) is 16.7 Å². The van der Waals surface area contributed by atoms with Gasteiger partial charge in [-0.3, -0.25) is 9.10 Å². The van der Waals surface area contributed by atoms with Crippen LogP contribution < -0.4 is 10.0 Å². The highest BCUT2D eigenvalue weighted by atomic mass is 35.5. The van der Waals surface area contributed by atoms with Crippen molar-refractivity contribution in [3.8, 4) is 0 Å². The predicted molar refractivity (Wildman–Crippen MR) is 131 cm³/mol. The fourth-order valence-corrected chi connectivity index (χ4v) is 5.85. The number of primary amides is 1. The first-order chi connectivity index (χ1) is 15.0. The van der Waals surface area contributed by atoms with Gasteiger partial charge >= 0.3 is 0 Å². The molecular formula is C22H18Cl4N2O3S. The van der Waals surface area contributed by atoms with Crippen LogP contribution in [-0.4, -0.2) is 20.9 Å². The van der Waals surface area contributed by atoms with Crippen LogP contribution in [0.15, 0.2) is 59.5 Å². The maximum absolute atomic E-state index is 13.6. The second-order valence-corrected chi connectivity index (χ2v) is 10.5. The van der Waals surface area contributed by atoms with Crippen molar-refractivity contribution in [2.45, 2.75) is 18.2 Å². The minimum absolute atomic E-state index is 0.0725. The first-order valence-corrected chi connectivity index (χ1v) is 12.2. The highest BCUT2D eigenvalue weighted by Crippen LogP contribution is 2.35. The molecule has 0 heterocycles. The number of sulfonamides is 1. The van der Waals surface area contributed by atoms with E-state index >= 15 is 0 Å². The molecular weight excluding hydrogens is 514 g/mol. The molecule has 0 fully saturated rings. The molecule has 3 aromatic carbocycles. The molecule has 0 atom stereocenters. The molecule has 0 aromatic heterocycles. The van der Waals surface area contributed by atoms with Crippen molar-refractivity contribution < 1.29 is 13.2 Å². The Kier molecular flexibility index (Phi) is 7.63. The largest absolute Gasteiger partial charge is 0.368 e. The summed E-state index contributed by atoms with van der Waals surface area (Å²) in [6.07, 6.45) is 0.272. The number of hydrogen-bond donors (Lipinski definition) is 1. The van der Waals surface area contributed by atoms with Crippen LogP contribution >= 0.6 is 46.4 Å². The highest BCUT2D eigenvalue weighted by molar-refractivity contribution is 7.93. The fourth-order valence-electron chi connectivity index (χ4n) is 3.17. The average molecular weight is 532 g/mol. The molecule has 3 rings (SSSR count). The van der Waals surface area contributed by atoms with E-state index in [2.05, 4.69) is 0 Å². The number of rotatable bonds is 7. The summed E-state index contributed by atoms with van der Waals surface area (Å²) < 4.78 is 28.2. The second-order valence-electron chi connectivity index (χ2n) is 7.05. The molecule has 1 amide bonds. The smallest absolute Gasteiger partial charge is 0.266 e. The monoisotopic (exact) mass is 530 g/mol. The van der Waals surface area contributed by atoms with E-state index in [4.69, 9.17) is 52.1 Å². The van der Waals surface area contributed by atoms with Gasteiger partial charge in [0.25, 0.3) is 10.0 Å². The van der Waals surface area contributed by atoms with Crippen LogP contribution in [-0.2, 0) is 21.2 Å². The van der Waals surface area contributed by atoms with Gasteiger partial charge in [0, 0.05) is 21.5 Å². The van der Waals surface area contributed by atoms with Crippen LogP contribution in [0.4, 0.5) is 5.69 Å². The molecule has 0 aliphatic heterocycles. The molecule has 5 nitrogen and oxygen atoms in total. The summed E-state index contributed by atoms with van der Waals surface area (Å²) in [5.74, 6) is -0.839. The zero-order chi connectivity index (χ0) is 23.6. The van der Waals surface area contributed by atoms with Crippen LogP contribution in [0.5, 0.6) is 0 Å². The van der Waals surface area contributed by atoms with Crippen LogP contribution in [0.3, 0.4) is 0 Å². The Morgan fingerprint density at radius 3 is 2.25 bits per heavy atom. The summed E-state index contributed by atoms with van der Waals surface area (Å²) in [4.78, 5) is 11.7. The van der Waals surface area contributed by atoms with E-state index in [9.17, 15) is 13.2 Å². The molecule has 0 saturated carbocycles. The summed E-state index contributed by atoms with van der Waals surface area (Å²) in [5, 5.41) is 1.16. The van der Waals surface area contributed by atoms with Crippen molar-refractivity contribution in [3.05, 3.63) is 91.4 Å². The van der Waals surface area contributed by atoms with Gasteiger partial charge in [-0.15, -0.1) is 0 Å². The van der Waals surface area contributed by atoms with Crippen LogP contribution in [0, 0.1) is 6.92 Å². The minimum Gasteiger partial charge on any atom is -0.368 e. The lowest BCUT2D eigenvalue weighted by atomic mass is 10.0. The molecule has 0 saturated heterocycles. The number of hydrogen-bond acceptors (Lipinski definition) is 3. The summed E-state index contributed by atoms with van der Waals surface area (Å²) in [6, 6.07) is 14.5. The van der Waals surface area contributed by atoms with E-state index < -0.39 is 22.5 Å². The summed E-state index contributed by atoms with van der Waals surface area (Å²) in [6.45, 7) is 1.05. The topological polar surface area (TPSA) is 80.5 Å². The Morgan fingerprint density at radius 1 is 0.906 bits per heavy atom. The van der Waals surface area contributed by atoms with Crippen molar-refractivity contribution in [1.29, 1.82) is 0 Å². The Labute approximate surface area is 206 Å². The highest BCUT2D eigenvalue weighted by Gasteiger charge is 2.31. The van der Waals surface area contributed by atoms with E-state index in [0.29, 0.717) is 26.2 Å². The van der Waals surface area contributed by atoms with Gasteiger partial charge in [-0.2, -0.15) is 0 Å². The first kappa shape index (κ1) is 24.7. The predicted octanol–water partition coefficient (Wildman–Crippen LogP) is 5.88. The van der Waals surface area contributed by atoms with Gasteiger partial charge in [0.1, 0.15) is 11.4 Å². The van der Waals surface area contributed by atoms with Gasteiger partial charge < -0.3 is 5.73 Å². The molecule has 0 radical (unpaired) electrons. The van der Waals surface area contributed by atoms with Gasteiger partial charge in [-0.05, 0) is 60.0 Å². The molecule has 168 valence electrons. The number of nitrogens with zero attached hydrogens (tertiary/aromatic N) is 1. The SMILES string of the molecule is Cc1cc(S(=O)(=O)N(CC(N)=O)c2ccc(Cl)cc2Cc2ccccc2Cl)c(Cl)cc1Cl. The van der Waals surface area contributed by atoms with Crippen molar-refractivity contribution in [2.24, 2.45) is 5.73 Å². The lowest BCUT2D eigenvalue weighted by Gasteiger charge is -2.26. The second kappa shape index (κ2) is 9.89. The van der Waals surface area contributed by atoms with E-state index in [1.807, 2.05) is 12.1 Å². The maximum atomic E-state index is 13.6. The molecule has 0 spiro atoms. The number of nitrogens with two attached hydrogens (primary N) is 1. The average Bonchev–Trinajstić information content (AvgIpc) is 2.71. The van der Waals surface area contributed by atoms with Gasteiger partial charge in [0.05, 0.1) is 10.7 Å². The minimum atomic E-state index is -4.29. The van der Waals surface area contributed by atoms with Gasteiger partial charge in [0.2, 0.25) is 5.91 Å². The van der Waals surface area contributed by atoms with E-state index in [1.165, 1.54) is 24.3 Å². The van der Waals surface area contributed by atoms with Crippen LogP contribution in [0.25, 0.3) is 0 Å². The molecule has 0 unspecified atom stereocenters. The van der Waals surface area contributed by atoms with Crippen molar-refractivity contribution >= 4 is 68.0 Å². The first-order valence-electron chi connectivity index (χ1n) is 9.29. The van der Waals surface area contributed by atoms with Crippen LogP contribution in [0.2, 0.25) is 20.1 Å². The number of carbonyl (C=O) groups excluding carboxylic acids is 1. The Bertz CT molecular complexity index is 1300. The van der Waals surface area contributed by atoms with Crippen molar-refractivity contribution in [3.63, 3.8) is 0 Å². The molecule has 2 N–H and O–H groups in total. The van der Waals surface area contributed by atoms with Gasteiger partial charge in [0.15, 0.2) is 0 Å². The lowest BCUT2D eigenvalue weighted by molar-refractivity contribution is -0.116. The number of aryl methyl sites for hydroxylation is 1. The quantitative estimate of drug-likeness (QED) is 0.413. The molecule has 0 aliphatic rings. The van der Waals surface area contributed by atoms with Gasteiger partial charge in [-0.1, -0.05) is 64.6 Å². The summed E-state index contributed by atoms with van der Waals surface area (Å²) in [7, 11) is -4.29. The molecule has 3 aromatic rings. The van der Waals surface area contributed by atoms with E-state index in [0.717, 1.165) is 9.87 Å². The molecule has 32 heavy (non-hydrogen) atoms. The number of anilines is 1. The van der Waals surface area contributed by atoms with Gasteiger partial charge in [-0.25, -0.2) is 8.42 Å². The summed E-state index contributed by atoms with van der Waals surface area (Å²) in [5.41, 5.74) is 7.45. The molecule has 0 bridgehead atoms. The number of benzene rings is 3. The normalized spacial score (nSPS) is 11.4. The van der Waals surface area contributed by atoms with E-state index in [1.54, 1.807) is 25.1 Å². The fraction of sp³-hybridized carbons (Fsp3) is 0.136. The van der Waals surface area contributed by atoms with E-state index in [-0.39, 0.29) is 22.0 Å². The zero-order valence-electron chi connectivity index (χ0n) is 16.8. The number of halogens is 4. The molecule has 0 aliphatic carbocycles. The number of carbonyl (C=O) groups is 1.